The monoisotopic (exact) mass is 413 g/mol. The van der Waals surface area contributed by atoms with E-state index in [9.17, 15) is 4.79 Å². The maximum atomic E-state index is 11.7. The summed E-state index contributed by atoms with van der Waals surface area (Å²) < 4.78 is 0. The summed E-state index contributed by atoms with van der Waals surface area (Å²) in [6, 6.07) is 11.0. The minimum Gasteiger partial charge on any atom is -0.355 e. The Morgan fingerprint density at radius 3 is 2.20 bits per heavy atom. The molecule has 0 spiro atoms. The summed E-state index contributed by atoms with van der Waals surface area (Å²) in [7, 11) is 0. The quantitative estimate of drug-likeness (QED) is 0.612. The molecule has 2 aliphatic rings. The average Bonchev–Trinajstić information content (AvgIpc) is 2.83. The van der Waals surface area contributed by atoms with E-state index in [2.05, 4.69) is 52.4 Å². The molecular weight excluding hydrogens is 370 g/mol. The molecule has 2 heterocycles. The highest BCUT2D eigenvalue weighted by Crippen LogP contribution is 2.22. The summed E-state index contributed by atoms with van der Waals surface area (Å²) in [4.78, 5) is 17.0. The molecule has 168 valence electrons. The van der Waals surface area contributed by atoms with Crippen LogP contribution in [0.25, 0.3) is 0 Å². The van der Waals surface area contributed by atoms with Crippen molar-refractivity contribution in [3.05, 3.63) is 35.9 Å². The lowest BCUT2D eigenvalue weighted by atomic mass is 9.90. The molecule has 2 fully saturated rings. The second-order valence-electron chi connectivity index (χ2n) is 9.68. The Hall–Kier alpha value is -1.39. The number of nitrogens with one attached hydrogen (secondary N) is 1. The fourth-order valence-electron chi connectivity index (χ4n) is 4.97. The molecule has 1 N–H and O–H groups in total. The van der Waals surface area contributed by atoms with Crippen LogP contribution in [0.15, 0.2) is 30.3 Å². The van der Waals surface area contributed by atoms with Crippen molar-refractivity contribution in [1.29, 1.82) is 0 Å². The van der Waals surface area contributed by atoms with Crippen molar-refractivity contribution < 1.29 is 4.79 Å². The molecule has 0 aromatic heterocycles. The molecule has 1 atom stereocenters. The van der Waals surface area contributed by atoms with Gasteiger partial charge in [0.2, 0.25) is 5.91 Å². The summed E-state index contributed by atoms with van der Waals surface area (Å²) in [5.41, 5.74) is 1.50. The van der Waals surface area contributed by atoms with E-state index in [0.717, 1.165) is 32.0 Å². The Balaban J connectivity index is 1.21. The van der Waals surface area contributed by atoms with Crippen LogP contribution in [-0.2, 0) is 11.2 Å². The molecule has 3 rings (SSSR count). The Morgan fingerprint density at radius 1 is 0.867 bits per heavy atom. The van der Waals surface area contributed by atoms with Crippen molar-refractivity contribution in [3.63, 3.8) is 0 Å². The number of amides is 1. The standard InChI is InChI=1S/C26H43N3O/c1-23-11-17-29(20-14-27-26(30)21-23)16-8-3-2-7-15-28-18-12-25(13-19-28)22-24-9-5-4-6-10-24/h4-6,9-10,23,25H,2-3,7-8,11-22H2,1H3,(H,27,30). The Morgan fingerprint density at radius 2 is 1.50 bits per heavy atom. The first-order valence-corrected chi connectivity index (χ1v) is 12.4. The molecule has 0 radical (unpaired) electrons. The zero-order valence-corrected chi connectivity index (χ0v) is 19.2. The Labute approximate surface area is 184 Å². The van der Waals surface area contributed by atoms with E-state index in [-0.39, 0.29) is 5.91 Å². The lowest BCUT2D eigenvalue weighted by Crippen LogP contribution is -2.35. The number of benzene rings is 1. The van der Waals surface area contributed by atoms with E-state index in [1.165, 1.54) is 76.7 Å². The zero-order valence-electron chi connectivity index (χ0n) is 19.2. The van der Waals surface area contributed by atoms with Gasteiger partial charge in [-0.15, -0.1) is 0 Å². The number of likely N-dealkylation sites (tertiary alicyclic amines) is 1. The fourth-order valence-corrected chi connectivity index (χ4v) is 4.97. The van der Waals surface area contributed by atoms with Gasteiger partial charge in [0.25, 0.3) is 0 Å². The van der Waals surface area contributed by atoms with Crippen LogP contribution in [0.2, 0.25) is 0 Å². The predicted molar refractivity (Wildman–Crippen MR) is 126 cm³/mol. The Bertz CT molecular complexity index is 598. The number of carbonyl (C=O) groups excluding carboxylic acids is 1. The minimum atomic E-state index is 0.230. The number of hydrogen-bond acceptors (Lipinski definition) is 3. The van der Waals surface area contributed by atoms with E-state index < -0.39 is 0 Å². The number of rotatable bonds is 9. The average molecular weight is 414 g/mol. The van der Waals surface area contributed by atoms with Crippen molar-refractivity contribution in [2.75, 3.05) is 45.8 Å². The second kappa shape index (κ2) is 13.1. The highest BCUT2D eigenvalue weighted by atomic mass is 16.1. The third-order valence-electron chi connectivity index (χ3n) is 7.00. The van der Waals surface area contributed by atoms with Crippen LogP contribution >= 0.6 is 0 Å². The van der Waals surface area contributed by atoms with Gasteiger partial charge in [0.1, 0.15) is 0 Å². The maximum Gasteiger partial charge on any atom is 0.220 e. The van der Waals surface area contributed by atoms with Gasteiger partial charge in [0, 0.05) is 19.5 Å². The van der Waals surface area contributed by atoms with Gasteiger partial charge in [-0.25, -0.2) is 0 Å². The molecule has 30 heavy (non-hydrogen) atoms. The molecule has 1 unspecified atom stereocenters. The van der Waals surface area contributed by atoms with Crippen LogP contribution < -0.4 is 5.32 Å². The van der Waals surface area contributed by atoms with Gasteiger partial charge in [-0.2, -0.15) is 0 Å². The fraction of sp³-hybridized carbons (Fsp3) is 0.731. The molecule has 4 heteroatoms. The molecule has 1 aromatic rings. The first-order chi connectivity index (χ1) is 14.7. The summed E-state index contributed by atoms with van der Waals surface area (Å²) in [5, 5.41) is 3.06. The van der Waals surface area contributed by atoms with Crippen molar-refractivity contribution in [2.24, 2.45) is 11.8 Å². The van der Waals surface area contributed by atoms with Crippen molar-refractivity contribution in [2.45, 2.75) is 64.7 Å². The van der Waals surface area contributed by atoms with E-state index in [1.54, 1.807) is 0 Å². The molecule has 2 aliphatic heterocycles. The number of hydrogen-bond donors (Lipinski definition) is 1. The third-order valence-corrected chi connectivity index (χ3v) is 7.00. The second-order valence-corrected chi connectivity index (χ2v) is 9.68. The number of carbonyl (C=O) groups is 1. The van der Waals surface area contributed by atoms with Crippen LogP contribution in [0.5, 0.6) is 0 Å². The lowest BCUT2D eigenvalue weighted by Gasteiger charge is -2.32. The normalized spacial score (nSPS) is 22.8. The summed E-state index contributed by atoms with van der Waals surface area (Å²) in [6.45, 7) is 10.2. The minimum absolute atomic E-state index is 0.230. The molecule has 4 nitrogen and oxygen atoms in total. The largest absolute Gasteiger partial charge is 0.355 e. The summed E-state index contributed by atoms with van der Waals surface area (Å²) in [6.07, 6.45) is 11.1. The van der Waals surface area contributed by atoms with E-state index >= 15 is 0 Å². The summed E-state index contributed by atoms with van der Waals surface area (Å²) in [5.74, 6) is 1.61. The third kappa shape index (κ3) is 8.77. The van der Waals surface area contributed by atoms with E-state index in [1.807, 2.05) is 0 Å². The van der Waals surface area contributed by atoms with Gasteiger partial charge in [0.05, 0.1) is 0 Å². The van der Waals surface area contributed by atoms with Gasteiger partial charge in [0.15, 0.2) is 0 Å². The van der Waals surface area contributed by atoms with Crippen molar-refractivity contribution >= 4 is 5.91 Å². The van der Waals surface area contributed by atoms with Crippen molar-refractivity contribution in [1.82, 2.24) is 15.1 Å². The number of unbranched alkanes of at least 4 members (excludes halogenated alkanes) is 3. The topological polar surface area (TPSA) is 35.6 Å². The van der Waals surface area contributed by atoms with Gasteiger partial charge in [-0.3, -0.25) is 4.79 Å². The Kier molecular flexibility index (Phi) is 10.2. The van der Waals surface area contributed by atoms with Gasteiger partial charge in [-0.05, 0) is 88.6 Å². The molecule has 0 aliphatic carbocycles. The lowest BCUT2D eigenvalue weighted by molar-refractivity contribution is -0.121. The van der Waals surface area contributed by atoms with Gasteiger partial charge < -0.3 is 15.1 Å². The summed E-state index contributed by atoms with van der Waals surface area (Å²) >= 11 is 0. The van der Waals surface area contributed by atoms with Crippen LogP contribution in [-0.4, -0.2) is 61.5 Å². The van der Waals surface area contributed by atoms with Crippen molar-refractivity contribution in [3.8, 4) is 0 Å². The highest BCUT2D eigenvalue weighted by Gasteiger charge is 2.19. The van der Waals surface area contributed by atoms with Gasteiger partial charge in [-0.1, -0.05) is 50.1 Å². The number of nitrogens with zero attached hydrogens (tertiary/aromatic N) is 2. The first-order valence-electron chi connectivity index (χ1n) is 12.4. The maximum absolute atomic E-state index is 11.7. The zero-order chi connectivity index (χ0) is 21.0. The van der Waals surface area contributed by atoms with Crippen LogP contribution in [0.4, 0.5) is 0 Å². The van der Waals surface area contributed by atoms with Crippen LogP contribution in [0, 0.1) is 11.8 Å². The molecule has 1 amide bonds. The van der Waals surface area contributed by atoms with E-state index in [0.29, 0.717) is 12.3 Å². The molecule has 0 saturated carbocycles. The molecule has 1 aromatic carbocycles. The molecule has 2 saturated heterocycles. The van der Waals surface area contributed by atoms with Crippen LogP contribution in [0.3, 0.4) is 0 Å². The first kappa shape index (κ1) is 23.3. The molecule has 0 bridgehead atoms. The number of piperidine rings is 1. The highest BCUT2D eigenvalue weighted by molar-refractivity contribution is 5.76. The predicted octanol–water partition coefficient (Wildman–Crippen LogP) is 4.35. The van der Waals surface area contributed by atoms with Crippen LogP contribution in [0.1, 0.15) is 63.9 Å². The van der Waals surface area contributed by atoms with Gasteiger partial charge >= 0.3 is 0 Å². The van der Waals surface area contributed by atoms with E-state index in [4.69, 9.17) is 0 Å². The smallest absolute Gasteiger partial charge is 0.220 e. The SMILES string of the molecule is CC1CCN(CCCCCCN2CCC(Cc3ccccc3)CC2)CCNC(=O)C1. The molecular formula is C26H43N3O.